The molecule has 2 heterocycles. The van der Waals surface area contributed by atoms with E-state index in [0.29, 0.717) is 24.6 Å². The molecular formula is C35H47N3O6S. The van der Waals surface area contributed by atoms with Crippen LogP contribution in [0.15, 0.2) is 36.4 Å². The van der Waals surface area contributed by atoms with E-state index in [1.54, 1.807) is 7.11 Å². The van der Waals surface area contributed by atoms with Gasteiger partial charge >= 0.3 is 5.97 Å². The lowest BCUT2D eigenvalue weighted by Gasteiger charge is -2.41. The number of amides is 1. The van der Waals surface area contributed by atoms with Gasteiger partial charge in [-0.1, -0.05) is 43.5 Å². The van der Waals surface area contributed by atoms with E-state index in [4.69, 9.17) is 14.2 Å². The van der Waals surface area contributed by atoms with E-state index in [1.165, 1.54) is 19.1 Å². The maximum atomic E-state index is 13.8. The van der Waals surface area contributed by atoms with Gasteiger partial charge in [-0.3, -0.25) is 4.79 Å². The maximum Gasteiger partial charge on any atom is 0.337 e. The van der Waals surface area contributed by atoms with Crippen LogP contribution in [0.2, 0.25) is 0 Å². The molecule has 2 aromatic carbocycles. The van der Waals surface area contributed by atoms with Gasteiger partial charge in [-0.25, -0.2) is 4.79 Å². The van der Waals surface area contributed by atoms with E-state index in [2.05, 4.69) is 20.7 Å². The first-order valence-corrected chi connectivity index (χ1v) is 17.0. The molecule has 1 amide bonds. The van der Waals surface area contributed by atoms with Gasteiger partial charge < -0.3 is 28.6 Å². The van der Waals surface area contributed by atoms with Crippen molar-refractivity contribution in [3.63, 3.8) is 0 Å². The molecule has 2 N–H and O–H groups in total. The molecule has 2 aliphatic rings. The fourth-order valence-electron chi connectivity index (χ4n) is 6.68. The Morgan fingerprint density at radius 3 is 2.53 bits per heavy atom. The molecule has 45 heavy (non-hydrogen) atoms. The van der Waals surface area contributed by atoms with Crippen molar-refractivity contribution in [1.29, 1.82) is 0 Å². The molecule has 0 spiro atoms. The fraction of sp³-hybridized carbons (Fsp3) is 0.543. The molecule has 244 valence electrons. The van der Waals surface area contributed by atoms with Gasteiger partial charge in [0.2, 0.25) is 5.91 Å². The van der Waals surface area contributed by atoms with Crippen molar-refractivity contribution >= 4 is 39.8 Å². The molecule has 5 rings (SSSR count). The minimum atomic E-state index is -1.40. The van der Waals surface area contributed by atoms with Crippen LogP contribution in [0.3, 0.4) is 0 Å². The van der Waals surface area contributed by atoms with Gasteiger partial charge in [0, 0.05) is 41.5 Å². The van der Waals surface area contributed by atoms with Crippen LogP contribution >= 0.6 is 0 Å². The lowest BCUT2D eigenvalue weighted by Crippen LogP contribution is -2.51. The lowest BCUT2D eigenvalue weighted by atomic mass is 9.75. The van der Waals surface area contributed by atoms with Crippen LogP contribution in [-0.4, -0.2) is 53.4 Å². The van der Waals surface area contributed by atoms with E-state index in [1.807, 2.05) is 65.0 Å². The number of anilines is 1. The number of carbonyl (C=O) groups excluding carboxylic acids is 2. The van der Waals surface area contributed by atoms with Crippen LogP contribution in [0, 0.1) is 5.41 Å². The normalized spacial score (nSPS) is 19.3. The molecule has 9 nitrogen and oxygen atoms in total. The van der Waals surface area contributed by atoms with Crippen molar-refractivity contribution in [2.45, 2.75) is 90.0 Å². The highest BCUT2D eigenvalue weighted by Crippen LogP contribution is 2.50. The summed E-state index contributed by atoms with van der Waals surface area (Å²) in [5, 5.41) is 4.34. The zero-order valence-corrected chi connectivity index (χ0v) is 28.4. The smallest absolute Gasteiger partial charge is 0.337 e. The Labute approximate surface area is 269 Å². The average Bonchev–Trinajstić information content (AvgIpc) is 3.34. The van der Waals surface area contributed by atoms with E-state index in [9.17, 15) is 14.1 Å². The summed E-state index contributed by atoms with van der Waals surface area (Å²) >= 11 is -1.40. The van der Waals surface area contributed by atoms with Gasteiger partial charge in [-0.2, -0.15) is 0 Å². The third kappa shape index (κ3) is 6.53. The number of nitrogens with zero attached hydrogens (tertiary/aromatic N) is 1. The summed E-state index contributed by atoms with van der Waals surface area (Å²) in [4.78, 5) is 26.5. The highest BCUT2D eigenvalue weighted by molar-refractivity contribution is 7.90. The van der Waals surface area contributed by atoms with Crippen LogP contribution < -0.4 is 10.0 Å². The standard InChI is InChI=1S/C35H47N3O6S/c1-34(2,3)45(41)37-31-26-15-11-14-25(29(26)36-33(40)35(31,4)5)30-28(22-12-9-8-10-13-22)24-17-16-23(32(39)43-7)20-27(24)38(30)18-19-44-21-42-6/h11,14-17,20,22,31,37H,8-10,12-13,18-19,21H2,1-7H3,(H,36,40)/t31?,45-/m0/s1. The second-order valence-electron chi connectivity index (χ2n) is 13.7. The first-order valence-electron chi connectivity index (χ1n) is 15.8. The minimum Gasteiger partial charge on any atom is -0.598 e. The van der Waals surface area contributed by atoms with E-state index < -0.39 is 33.5 Å². The molecule has 1 unspecified atom stereocenters. The number of carbonyl (C=O) groups is 2. The summed E-state index contributed by atoms with van der Waals surface area (Å²) in [6, 6.07) is 11.4. The molecular weight excluding hydrogens is 590 g/mol. The largest absolute Gasteiger partial charge is 0.598 e. The molecule has 3 aromatic rings. The van der Waals surface area contributed by atoms with Gasteiger partial charge in [-0.15, -0.1) is 4.72 Å². The number of fused-ring (bicyclic) bond motifs is 2. The summed E-state index contributed by atoms with van der Waals surface area (Å²) in [6.45, 7) is 10.6. The zero-order valence-electron chi connectivity index (χ0n) is 27.6. The minimum absolute atomic E-state index is 0.135. The lowest BCUT2D eigenvalue weighted by molar-refractivity contribution is -0.125. The molecule has 1 aliphatic carbocycles. The van der Waals surface area contributed by atoms with Crippen molar-refractivity contribution in [2.75, 3.05) is 32.9 Å². The molecule has 1 aromatic heterocycles. The molecule has 0 saturated heterocycles. The Morgan fingerprint density at radius 2 is 1.87 bits per heavy atom. The van der Waals surface area contributed by atoms with Crippen molar-refractivity contribution < 1.29 is 28.4 Å². The van der Waals surface area contributed by atoms with Gasteiger partial charge in [-0.05, 0) is 76.6 Å². The molecule has 0 radical (unpaired) electrons. The number of hydrogen-bond acceptors (Lipinski definition) is 7. The SMILES string of the molecule is COCOCCn1c(-c2cccc3c2NC(=O)C(C)(C)C3N[S@@+]([O-])C(C)(C)C)c(C2CCCCC2)c2ccc(C(=O)OC)cc21. The summed E-state index contributed by atoms with van der Waals surface area (Å²) in [5.41, 5.74) is 5.28. The van der Waals surface area contributed by atoms with Crippen LogP contribution in [0.4, 0.5) is 5.69 Å². The Morgan fingerprint density at radius 1 is 1.13 bits per heavy atom. The fourth-order valence-corrected chi connectivity index (χ4v) is 7.67. The summed E-state index contributed by atoms with van der Waals surface area (Å²) in [6.07, 6.45) is 5.64. The van der Waals surface area contributed by atoms with Crippen molar-refractivity contribution in [3.8, 4) is 11.3 Å². The molecule has 0 bridgehead atoms. The average molecular weight is 638 g/mol. The predicted octanol–water partition coefficient (Wildman–Crippen LogP) is 6.83. The van der Waals surface area contributed by atoms with Gasteiger partial charge in [0.1, 0.15) is 11.5 Å². The van der Waals surface area contributed by atoms with E-state index in [0.717, 1.165) is 59.1 Å². The molecule has 10 heteroatoms. The Balaban J connectivity index is 1.78. The first-order chi connectivity index (χ1) is 21.4. The van der Waals surface area contributed by atoms with Crippen LogP contribution in [0.1, 0.15) is 100 Å². The first kappa shape index (κ1) is 33.5. The van der Waals surface area contributed by atoms with Crippen molar-refractivity contribution in [1.82, 2.24) is 9.29 Å². The Bertz CT molecular complexity index is 1550. The summed E-state index contributed by atoms with van der Waals surface area (Å²) < 4.78 is 34.5. The van der Waals surface area contributed by atoms with Crippen LogP contribution in [0.5, 0.6) is 0 Å². The quantitative estimate of drug-likeness (QED) is 0.108. The highest BCUT2D eigenvalue weighted by atomic mass is 32.2. The number of methoxy groups -OCH3 is 2. The predicted molar refractivity (Wildman–Crippen MR) is 179 cm³/mol. The second-order valence-corrected chi connectivity index (χ2v) is 15.7. The number of nitrogens with one attached hydrogen (secondary N) is 2. The molecule has 1 fully saturated rings. The molecule has 1 saturated carbocycles. The summed E-state index contributed by atoms with van der Waals surface area (Å²) in [7, 11) is 2.98. The van der Waals surface area contributed by atoms with Gasteiger partial charge in [0.05, 0.1) is 42.1 Å². The number of aromatic nitrogens is 1. The monoisotopic (exact) mass is 637 g/mol. The summed E-state index contributed by atoms with van der Waals surface area (Å²) in [5.74, 6) is -0.215. The second kappa shape index (κ2) is 13.5. The van der Waals surface area contributed by atoms with Gasteiger partial charge in [0.15, 0.2) is 0 Å². The Kier molecular flexibility index (Phi) is 10.0. The maximum absolute atomic E-state index is 13.8. The van der Waals surface area contributed by atoms with Crippen LogP contribution in [0.25, 0.3) is 22.2 Å². The van der Waals surface area contributed by atoms with Crippen molar-refractivity contribution in [2.24, 2.45) is 5.41 Å². The topological polar surface area (TPSA) is 114 Å². The zero-order chi connectivity index (χ0) is 32.5. The number of hydrogen-bond donors (Lipinski definition) is 2. The number of esters is 1. The highest BCUT2D eigenvalue weighted by Gasteiger charge is 2.47. The van der Waals surface area contributed by atoms with E-state index >= 15 is 0 Å². The number of rotatable bonds is 10. The number of ether oxygens (including phenoxy) is 3. The number of benzene rings is 2. The van der Waals surface area contributed by atoms with Crippen LogP contribution in [-0.2, 0) is 36.9 Å². The number of para-hydroxylation sites is 1. The Hall–Kier alpha value is -2.89. The molecule has 2 atom stereocenters. The van der Waals surface area contributed by atoms with E-state index in [-0.39, 0.29) is 12.7 Å². The third-order valence-electron chi connectivity index (χ3n) is 9.19. The molecule has 1 aliphatic heterocycles. The van der Waals surface area contributed by atoms with Crippen molar-refractivity contribution in [3.05, 3.63) is 53.1 Å². The van der Waals surface area contributed by atoms with Gasteiger partial charge in [0.25, 0.3) is 0 Å². The third-order valence-corrected chi connectivity index (χ3v) is 10.8.